The van der Waals surface area contributed by atoms with E-state index in [0.29, 0.717) is 33.8 Å². The van der Waals surface area contributed by atoms with Crippen LogP contribution in [0.15, 0.2) is 53.5 Å². The highest BCUT2D eigenvalue weighted by Gasteiger charge is 2.35. The first-order valence-corrected chi connectivity index (χ1v) is 19.2. The molecule has 2 aliphatic heterocycles. The number of hydrogen-bond acceptors (Lipinski definition) is 8. The number of carbonyl (C=O) groups is 3. The monoisotopic (exact) mass is 790 g/mol. The number of likely N-dealkylation sites (tertiary alicyclic amines) is 1. The molecule has 0 bridgehead atoms. The van der Waals surface area contributed by atoms with Gasteiger partial charge in [-0.15, -0.1) is 0 Å². The van der Waals surface area contributed by atoms with Crippen molar-refractivity contribution in [2.75, 3.05) is 32.1 Å². The Hall–Kier alpha value is -5.58. The Bertz CT molecular complexity index is 2440. The summed E-state index contributed by atoms with van der Waals surface area (Å²) in [7, 11) is 3.04. The van der Waals surface area contributed by atoms with Gasteiger partial charge in [-0.05, 0) is 100 Å². The predicted molar refractivity (Wildman–Crippen MR) is 201 cm³/mol. The number of hydrogen-bond donors (Lipinski definition) is 2. The van der Waals surface area contributed by atoms with Crippen molar-refractivity contribution in [3.8, 4) is 5.75 Å². The number of carbonyl (C=O) groups excluding carboxylic acids is 3. The van der Waals surface area contributed by atoms with Crippen LogP contribution in [0.2, 0.25) is 0 Å². The Labute approximate surface area is 324 Å². The number of fused-ring (bicyclic) bond motifs is 2. The van der Waals surface area contributed by atoms with Crippen LogP contribution in [0.25, 0.3) is 21.9 Å². The minimum Gasteiger partial charge on any atom is -0.494 e. The molecule has 0 spiro atoms. The fraction of sp³-hybridized carbons (Fsp3) is 0.450. The maximum absolute atomic E-state index is 15.6. The standard InChI is InChI=1S/C40H42F4N8O5/c1-49-36-30(52(39(49)56)31-12-13-34(53)47-38(31)55)11-10-26(41)35(36)23-14-16-50(17-15-23)20-22-6-8-25(9-7-22)51-21-24-18-29(32(57-2)19-28(24)48-51)46-37(54)27-4-3-5-33(45-27)40(42,43)44/h3-5,10-11,18-19,21-23,25,31H,6-9,12-17,20H2,1-2H3,(H,46,54)(H,47,53,55)/t22?,25?,31-/m0/s1. The van der Waals surface area contributed by atoms with E-state index in [9.17, 15) is 32.3 Å². The van der Waals surface area contributed by atoms with Crippen molar-refractivity contribution >= 4 is 45.3 Å². The second kappa shape index (κ2) is 15.1. The lowest BCUT2D eigenvalue weighted by Gasteiger charge is -2.37. The molecular weight excluding hydrogens is 748 g/mol. The first-order chi connectivity index (χ1) is 27.3. The molecule has 3 aliphatic rings. The van der Waals surface area contributed by atoms with Crippen molar-refractivity contribution < 1.29 is 36.7 Å². The second-order valence-electron chi connectivity index (χ2n) is 15.3. The van der Waals surface area contributed by atoms with Crippen molar-refractivity contribution in [3.63, 3.8) is 0 Å². The molecule has 1 aliphatic carbocycles. The average molecular weight is 791 g/mol. The number of aromatic nitrogens is 5. The molecule has 2 N–H and O–H groups in total. The van der Waals surface area contributed by atoms with E-state index in [4.69, 9.17) is 9.84 Å². The molecule has 5 aromatic rings. The SMILES string of the molecule is COc1cc2nn(C3CCC(CN4CCC(c5c(F)ccc6c5n(C)c(=O)n6[C@H]5CCC(=O)NC5=O)CC4)CC3)cc2cc1NC(=O)c1cccc(C(F)(F)F)n1. The summed E-state index contributed by atoms with van der Waals surface area (Å²) in [5.41, 5.74) is 0.506. The zero-order valence-corrected chi connectivity index (χ0v) is 31.4. The predicted octanol–water partition coefficient (Wildman–Crippen LogP) is 6.09. The summed E-state index contributed by atoms with van der Waals surface area (Å²) in [6.07, 6.45) is 2.86. The molecule has 1 atom stereocenters. The van der Waals surface area contributed by atoms with E-state index < -0.39 is 35.4 Å². The number of nitrogens with one attached hydrogen (secondary N) is 2. The largest absolute Gasteiger partial charge is 0.494 e. The average Bonchev–Trinajstić information content (AvgIpc) is 3.72. The quantitative estimate of drug-likeness (QED) is 0.142. The number of pyridine rings is 1. The number of methoxy groups -OCH3 is 1. The van der Waals surface area contributed by atoms with Crippen LogP contribution in [-0.4, -0.2) is 73.3 Å². The zero-order valence-electron chi connectivity index (χ0n) is 31.4. The molecule has 17 heteroatoms. The number of imide groups is 1. The first-order valence-electron chi connectivity index (χ1n) is 19.2. The van der Waals surface area contributed by atoms with Gasteiger partial charge in [0.1, 0.15) is 29.0 Å². The van der Waals surface area contributed by atoms with Crippen molar-refractivity contribution in [1.82, 2.24) is 34.1 Å². The summed E-state index contributed by atoms with van der Waals surface area (Å²) < 4.78 is 65.4. The Kier molecular flexibility index (Phi) is 10.1. The molecule has 13 nitrogen and oxygen atoms in total. The summed E-state index contributed by atoms with van der Waals surface area (Å²) in [6, 6.07) is 8.80. The molecule has 1 saturated carbocycles. The van der Waals surface area contributed by atoms with Gasteiger partial charge in [0.15, 0.2) is 0 Å². The number of ether oxygens (including phenoxy) is 1. The highest BCUT2D eigenvalue weighted by molar-refractivity contribution is 6.05. The third-order valence-corrected chi connectivity index (χ3v) is 11.8. The highest BCUT2D eigenvalue weighted by atomic mass is 19.4. The summed E-state index contributed by atoms with van der Waals surface area (Å²) in [6.45, 7) is 2.51. The summed E-state index contributed by atoms with van der Waals surface area (Å²) >= 11 is 0. The molecule has 8 rings (SSSR count). The van der Waals surface area contributed by atoms with Crippen molar-refractivity contribution in [2.24, 2.45) is 13.0 Å². The van der Waals surface area contributed by atoms with Gasteiger partial charge in [0.2, 0.25) is 11.8 Å². The minimum atomic E-state index is -4.68. The van der Waals surface area contributed by atoms with Gasteiger partial charge in [-0.25, -0.2) is 14.2 Å². The minimum absolute atomic E-state index is 0.0949. The van der Waals surface area contributed by atoms with Crippen LogP contribution in [0, 0.1) is 11.7 Å². The van der Waals surface area contributed by atoms with Gasteiger partial charge in [0, 0.05) is 43.2 Å². The van der Waals surface area contributed by atoms with Crippen LogP contribution in [-0.2, 0) is 22.8 Å². The molecule has 300 valence electrons. The molecule has 2 aromatic carbocycles. The zero-order chi connectivity index (χ0) is 40.2. The fourth-order valence-electron chi connectivity index (χ4n) is 8.89. The first kappa shape index (κ1) is 38.3. The lowest BCUT2D eigenvalue weighted by atomic mass is 9.84. The molecule has 5 heterocycles. The number of nitrogens with zero attached hydrogens (tertiary/aromatic N) is 6. The van der Waals surface area contributed by atoms with Crippen molar-refractivity contribution in [3.05, 3.63) is 81.9 Å². The smallest absolute Gasteiger partial charge is 0.433 e. The fourth-order valence-corrected chi connectivity index (χ4v) is 8.89. The van der Waals surface area contributed by atoms with Gasteiger partial charge in [-0.2, -0.15) is 18.3 Å². The third-order valence-electron chi connectivity index (χ3n) is 11.8. The molecule has 0 radical (unpaired) electrons. The number of anilines is 1. The lowest BCUT2D eigenvalue weighted by molar-refractivity contribution is -0.141. The summed E-state index contributed by atoms with van der Waals surface area (Å²) in [5, 5.41) is 10.5. The number of piperidine rings is 2. The lowest BCUT2D eigenvalue weighted by Crippen LogP contribution is -2.44. The van der Waals surface area contributed by atoms with Crippen molar-refractivity contribution in [1.29, 1.82) is 0 Å². The Morgan fingerprint density at radius 1 is 1.00 bits per heavy atom. The number of aryl methyl sites for hydroxylation is 1. The van der Waals surface area contributed by atoms with E-state index in [-0.39, 0.29) is 47.9 Å². The molecule has 57 heavy (non-hydrogen) atoms. The van der Waals surface area contributed by atoms with E-state index >= 15 is 4.39 Å². The van der Waals surface area contributed by atoms with Crippen LogP contribution in [0.3, 0.4) is 0 Å². The maximum Gasteiger partial charge on any atom is 0.433 e. The van der Waals surface area contributed by atoms with Gasteiger partial charge in [-0.3, -0.25) is 33.5 Å². The molecule has 3 amide bonds. The molecule has 2 saturated heterocycles. The van der Waals surface area contributed by atoms with Crippen molar-refractivity contribution in [2.45, 2.75) is 75.5 Å². The normalized spacial score (nSPS) is 21.3. The van der Waals surface area contributed by atoms with Crippen LogP contribution in [0.1, 0.15) is 91.1 Å². The second-order valence-corrected chi connectivity index (χ2v) is 15.3. The summed E-state index contributed by atoms with van der Waals surface area (Å²) in [4.78, 5) is 56.7. The molecule has 0 unspecified atom stereocenters. The van der Waals surface area contributed by atoms with Crippen LogP contribution >= 0.6 is 0 Å². The van der Waals surface area contributed by atoms with E-state index in [1.165, 1.54) is 28.4 Å². The Morgan fingerprint density at radius 3 is 2.46 bits per heavy atom. The maximum atomic E-state index is 15.6. The van der Waals surface area contributed by atoms with Gasteiger partial charge in [-0.1, -0.05) is 6.07 Å². The Morgan fingerprint density at radius 2 is 1.75 bits per heavy atom. The molecular formula is C40H42F4N8O5. The van der Waals surface area contributed by atoms with E-state index in [1.54, 1.807) is 25.2 Å². The number of imidazole rings is 1. The van der Waals surface area contributed by atoms with Gasteiger partial charge < -0.3 is 15.0 Å². The summed E-state index contributed by atoms with van der Waals surface area (Å²) in [5.74, 6) is -1.36. The topological polar surface area (TPSA) is 145 Å². The third kappa shape index (κ3) is 7.40. The number of halogens is 4. The number of alkyl halides is 3. The van der Waals surface area contributed by atoms with Crippen LogP contribution < -0.4 is 21.1 Å². The van der Waals surface area contributed by atoms with E-state index in [2.05, 4.69) is 20.5 Å². The number of rotatable bonds is 8. The van der Waals surface area contributed by atoms with Gasteiger partial charge in [0.25, 0.3) is 5.91 Å². The Balaban J connectivity index is 0.888. The highest BCUT2D eigenvalue weighted by Crippen LogP contribution is 2.39. The van der Waals surface area contributed by atoms with Gasteiger partial charge in [0.05, 0.1) is 35.4 Å². The van der Waals surface area contributed by atoms with Gasteiger partial charge >= 0.3 is 11.9 Å². The van der Waals surface area contributed by atoms with E-state index in [0.717, 1.165) is 75.7 Å². The molecule has 3 aromatic heterocycles. The number of benzene rings is 2. The number of amides is 3. The van der Waals surface area contributed by atoms with Crippen LogP contribution in [0.5, 0.6) is 5.75 Å². The van der Waals surface area contributed by atoms with Crippen LogP contribution in [0.4, 0.5) is 23.2 Å². The molecule has 3 fully saturated rings. The van der Waals surface area contributed by atoms with E-state index in [1.807, 2.05) is 10.9 Å².